The summed E-state index contributed by atoms with van der Waals surface area (Å²) < 4.78 is 11.2. The molecule has 1 aromatic rings. The van der Waals surface area contributed by atoms with Crippen molar-refractivity contribution in [3.05, 3.63) is 41.6 Å². The molecule has 1 aromatic carbocycles. The molecule has 2 aliphatic rings. The smallest absolute Gasteiger partial charge is 0.418 e. The summed E-state index contributed by atoms with van der Waals surface area (Å²) in [5, 5.41) is 0. The van der Waals surface area contributed by atoms with Crippen LogP contribution >= 0.6 is 0 Å². The number of anilines is 1. The summed E-state index contributed by atoms with van der Waals surface area (Å²) in [5.74, 6) is 0.868. The number of benzene rings is 1. The van der Waals surface area contributed by atoms with Gasteiger partial charge in [-0.05, 0) is 45.4 Å². The number of rotatable bonds is 0. The monoisotopic (exact) mass is 285 g/mol. The van der Waals surface area contributed by atoms with Gasteiger partial charge in [-0.2, -0.15) is 0 Å². The molecule has 0 bridgehead atoms. The van der Waals surface area contributed by atoms with Gasteiger partial charge in [-0.15, -0.1) is 0 Å². The van der Waals surface area contributed by atoms with E-state index in [1.807, 2.05) is 45.1 Å². The van der Waals surface area contributed by atoms with Crippen LogP contribution in [0.25, 0.3) is 6.08 Å². The Morgan fingerprint density at radius 3 is 2.86 bits per heavy atom. The van der Waals surface area contributed by atoms with Gasteiger partial charge in [-0.25, -0.2) is 4.79 Å². The number of carbonyl (C=O) groups excluding carboxylic acids is 1. The van der Waals surface area contributed by atoms with E-state index in [9.17, 15) is 4.79 Å². The number of amides is 1. The van der Waals surface area contributed by atoms with Gasteiger partial charge < -0.3 is 9.47 Å². The lowest BCUT2D eigenvalue weighted by Crippen LogP contribution is -2.35. The highest BCUT2D eigenvalue weighted by Crippen LogP contribution is 2.38. The summed E-state index contributed by atoms with van der Waals surface area (Å²) in [6, 6.07) is 3.92. The largest absolute Gasteiger partial charge is 0.489 e. The van der Waals surface area contributed by atoms with Crippen LogP contribution in [0, 0.1) is 0 Å². The van der Waals surface area contributed by atoms with Crippen molar-refractivity contribution in [2.24, 2.45) is 0 Å². The van der Waals surface area contributed by atoms with Crippen LogP contribution in [-0.2, 0) is 11.2 Å². The topological polar surface area (TPSA) is 38.8 Å². The lowest BCUT2D eigenvalue weighted by molar-refractivity contribution is 0.0596. The Hall–Kier alpha value is -2.23. The third kappa shape index (κ3) is 2.66. The van der Waals surface area contributed by atoms with E-state index in [0.717, 1.165) is 29.0 Å². The first-order valence-corrected chi connectivity index (χ1v) is 7.10. The molecule has 0 fully saturated rings. The second-order valence-electron chi connectivity index (χ2n) is 6.13. The quantitative estimate of drug-likeness (QED) is 0.725. The Bertz CT molecular complexity index is 638. The van der Waals surface area contributed by atoms with Crippen LogP contribution < -0.4 is 9.64 Å². The van der Waals surface area contributed by atoms with Crippen LogP contribution in [0.1, 0.15) is 31.9 Å². The highest BCUT2D eigenvalue weighted by atomic mass is 16.6. The molecule has 0 spiro atoms. The molecule has 2 aliphatic heterocycles. The van der Waals surface area contributed by atoms with Crippen LogP contribution in [0.3, 0.4) is 0 Å². The van der Waals surface area contributed by atoms with Crippen LogP contribution in [0.5, 0.6) is 5.75 Å². The predicted octanol–water partition coefficient (Wildman–Crippen LogP) is 3.90. The van der Waals surface area contributed by atoms with E-state index < -0.39 is 5.60 Å². The first-order chi connectivity index (χ1) is 9.96. The lowest BCUT2D eigenvalue weighted by Gasteiger charge is -2.30. The van der Waals surface area contributed by atoms with Gasteiger partial charge in [-0.3, -0.25) is 4.90 Å². The van der Waals surface area contributed by atoms with Crippen molar-refractivity contribution in [2.75, 3.05) is 11.5 Å². The van der Waals surface area contributed by atoms with E-state index in [0.29, 0.717) is 6.61 Å². The van der Waals surface area contributed by atoms with Crippen LogP contribution in [0.4, 0.5) is 10.5 Å². The van der Waals surface area contributed by atoms with Crippen molar-refractivity contribution in [1.29, 1.82) is 0 Å². The predicted molar refractivity (Wildman–Crippen MR) is 82.5 cm³/mol. The highest BCUT2D eigenvalue weighted by molar-refractivity contribution is 5.93. The van der Waals surface area contributed by atoms with Crippen LogP contribution in [0.2, 0.25) is 0 Å². The van der Waals surface area contributed by atoms with E-state index >= 15 is 0 Å². The average molecular weight is 285 g/mol. The number of nitrogens with zero attached hydrogens (tertiary/aromatic N) is 1. The average Bonchev–Trinajstić information content (AvgIpc) is 2.44. The van der Waals surface area contributed by atoms with Gasteiger partial charge in [0.15, 0.2) is 0 Å². The molecular formula is C17H19NO3. The van der Waals surface area contributed by atoms with Gasteiger partial charge in [0.25, 0.3) is 0 Å². The maximum atomic E-state index is 12.3. The summed E-state index contributed by atoms with van der Waals surface area (Å²) >= 11 is 0. The van der Waals surface area contributed by atoms with E-state index in [4.69, 9.17) is 9.47 Å². The Kier molecular flexibility index (Phi) is 3.24. The molecular weight excluding hydrogens is 266 g/mol. The second kappa shape index (κ2) is 4.95. The fourth-order valence-corrected chi connectivity index (χ4v) is 2.49. The molecule has 0 aliphatic carbocycles. The summed E-state index contributed by atoms with van der Waals surface area (Å²) in [6.45, 7) is 6.15. The molecule has 21 heavy (non-hydrogen) atoms. The van der Waals surface area contributed by atoms with Crippen molar-refractivity contribution < 1.29 is 14.3 Å². The molecule has 0 saturated carbocycles. The minimum Gasteiger partial charge on any atom is -0.489 e. The number of carbonyl (C=O) groups is 1. The van der Waals surface area contributed by atoms with Crippen molar-refractivity contribution in [2.45, 2.75) is 32.8 Å². The maximum absolute atomic E-state index is 12.3. The zero-order valence-corrected chi connectivity index (χ0v) is 12.6. The van der Waals surface area contributed by atoms with Gasteiger partial charge in [0.1, 0.15) is 18.0 Å². The van der Waals surface area contributed by atoms with Gasteiger partial charge in [0.2, 0.25) is 0 Å². The second-order valence-corrected chi connectivity index (χ2v) is 6.13. The fraction of sp³-hybridized carbons (Fsp3) is 0.353. The third-order valence-electron chi connectivity index (χ3n) is 3.31. The first kappa shape index (κ1) is 13.7. The first-order valence-electron chi connectivity index (χ1n) is 7.10. The number of hydrogen-bond acceptors (Lipinski definition) is 3. The zero-order chi connectivity index (χ0) is 15.0. The lowest BCUT2D eigenvalue weighted by atomic mass is 9.99. The molecule has 0 unspecified atom stereocenters. The molecule has 0 radical (unpaired) electrons. The van der Waals surface area contributed by atoms with Crippen molar-refractivity contribution in [3.8, 4) is 5.75 Å². The molecule has 0 N–H and O–H groups in total. The molecule has 3 rings (SSSR count). The Morgan fingerprint density at radius 1 is 1.29 bits per heavy atom. The molecule has 0 atom stereocenters. The zero-order valence-electron chi connectivity index (χ0n) is 12.6. The van der Waals surface area contributed by atoms with Gasteiger partial charge in [-0.1, -0.05) is 12.2 Å². The highest BCUT2D eigenvalue weighted by Gasteiger charge is 2.27. The Labute approximate surface area is 124 Å². The Balaban J connectivity index is 1.98. The summed E-state index contributed by atoms with van der Waals surface area (Å²) in [7, 11) is 0. The maximum Gasteiger partial charge on any atom is 0.418 e. The molecule has 0 saturated heterocycles. The van der Waals surface area contributed by atoms with Gasteiger partial charge in [0.05, 0.1) is 5.69 Å². The number of fused-ring (bicyclic) bond motifs is 3. The summed E-state index contributed by atoms with van der Waals surface area (Å²) in [6.07, 6.45) is 8.14. The van der Waals surface area contributed by atoms with E-state index in [1.54, 1.807) is 11.1 Å². The number of hydrogen-bond donors (Lipinski definition) is 0. The third-order valence-corrected chi connectivity index (χ3v) is 3.31. The molecule has 110 valence electrons. The molecule has 2 heterocycles. The van der Waals surface area contributed by atoms with Crippen molar-refractivity contribution >= 4 is 17.9 Å². The molecule has 1 amide bonds. The molecule has 4 heteroatoms. The standard InChI is InChI=1S/C17H19NO3/c1-17(2,3)21-16(19)18-10-4-7-13-14(18)9-8-12-6-5-11-20-15(12)13/h4-6,8-10H,7,11H2,1-3H3. The normalized spacial score (nSPS) is 16.0. The van der Waals surface area contributed by atoms with Crippen molar-refractivity contribution in [1.82, 2.24) is 0 Å². The summed E-state index contributed by atoms with van der Waals surface area (Å²) in [4.78, 5) is 13.9. The Morgan fingerprint density at radius 2 is 2.10 bits per heavy atom. The number of ether oxygens (including phenoxy) is 2. The minimum absolute atomic E-state index is 0.369. The number of allylic oxidation sites excluding steroid dienone is 1. The van der Waals surface area contributed by atoms with Crippen LogP contribution in [-0.4, -0.2) is 18.3 Å². The van der Waals surface area contributed by atoms with Crippen molar-refractivity contribution in [3.63, 3.8) is 0 Å². The van der Waals surface area contributed by atoms with E-state index in [2.05, 4.69) is 6.08 Å². The minimum atomic E-state index is -0.518. The van der Waals surface area contributed by atoms with Crippen LogP contribution in [0.15, 0.2) is 30.5 Å². The fourth-order valence-electron chi connectivity index (χ4n) is 2.49. The van der Waals surface area contributed by atoms with E-state index in [1.165, 1.54) is 0 Å². The van der Waals surface area contributed by atoms with Gasteiger partial charge in [0, 0.05) is 17.3 Å². The van der Waals surface area contributed by atoms with E-state index in [-0.39, 0.29) is 6.09 Å². The molecule has 0 aromatic heterocycles. The van der Waals surface area contributed by atoms with Gasteiger partial charge >= 0.3 is 6.09 Å². The molecule has 4 nitrogen and oxygen atoms in total. The summed E-state index contributed by atoms with van der Waals surface area (Å²) in [5.41, 5.74) is 2.40. The SMILES string of the molecule is CC(C)(C)OC(=O)N1C=CCc2c1ccc1c2OCC=C1.